The van der Waals surface area contributed by atoms with E-state index < -0.39 is 0 Å². The van der Waals surface area contributed by atoms with Gasteiger partial charge in [0, 0.05) is 29.7 Å². The molecule has 0 aromatic heterocycles. The van der Waals surface area contributed by atoms with Gasteiger partial charge in [0.1, 0.15) is 0 Å². The van der Waals surface area contributed by atoms with Gasteiger partial charge in [0.05, 0.1) is 5.69 Å². The second kappa shape index (κ2) is 6.25. The maximum absolute atomic E-state index is 12.2. The first kappa shape index (κ1) is 13.4. The summed E-state index contributed by atoms with van der Waals surface area (Å²) < 4.78 is 0. The van der Waals surface area contributed by atoms with Gasteiger partial charge in [-0.25, -0.2) is 0 Å². The number of para-hydroxylation sites is 1. The van der Waals surface area contributed by atoms with Gasteiger partial charge in [0.2, 0.25) is 5.91 Å². The number of fused-ring (bicyclic) bond motifs is 1. The summed E-state index contributed by atoms with van der Waals surface area (Å²) in [7, 11) is 0. The molecule has 0 saturated carbocycles. The summed E-state index contributed by atoms with van der Waals surface area (Å²) in [4.78, 5) is 15.4. The maximum atomic E-state index is 12.2. The second-order valence-electron chi connectivity index (χ2n) is 4.73. The van der Waals surface area contributed by atoms with E-state index in [2.05, 4.69) is 6.07 Å². The normalized spacial score (nSPS) is 16.2. The number of benzene rings is 1. The molecule has 1 aliphatic heterocycles. The minimum atomic E-state index is 0.182. The Labute approximate surface area is 113 Å². The van der Waals surface area contributed by atoms with Gasteiger partial charge in [-0.15, -0.1) is 11.8 Å². The number of rotatable bonds is 4. The molecule has 1 atom stereocenters. The average molecular weight is 264 g/mol. The highest BCUT2D eigenvalue weighted by Crippen LogP contribution is 2.34. The van der Waals surface area contributed by atoms with Crippen molar-refractivity contribution in [3.8, 4) is 0 Å². The number of carbonyl (C=O) groups excluding carboxylic acids is 1. The minimum Gasteiger partial charge on any atom is -0.328 e. The van der Waals surface area contributed by atoms with E-state index in [4.69, 9.17) is 5.73 Å². The van der Waals surface area contributed by atoms with Crippen LogP contribution in [0.4, 0.5) is 5.69 Å². The third kappa shape index (κ3) is 3.27. The number of hydrogen-bond donors (Lipinski definition) is 1. The van der Waals surface area contributed by atoms with Crippen molar-refractivity contribution >= 4 is 23.4 Å². The Bertz CT molecular complexity index is 420. The molecule has 2 rings (SSSR count). The summed E-state index contributed by atoms with van der Waals surface area (Å²) in [6.45, 7) is 2.80. The van der Waals surface area contributed by atoms with Gasteiger partial charge in [-0.05, 0) is 31.9 Å². The Morgan fingerprint density at radius 1 is 1.50 bits per heavy atom. The van der Waals surface area contributed by atoms with E-state index in [1.54, 1.807) is 0 Å². The van der Waals surface area contributed by atoms with Crippen molar-refractivity contribution < 1.29 is 4.79 Å². The van der Waals surface area contributed by atoms with Gasteiger partial charge in [-0.1, -0.05) is 12.1 Å². The van der Waals surface area contributed by atoms with Crippen LogP contribution in [-0.2, 0) is 4.79 Å². The van der Waals surface area contributed by atoms with Crippen LogP contribution in [0.15, 0.2) is 29.2 Å². The molecule has 0 aliphatic carbocycles. The molecule has 0 fully saturated rings. The van der Waals surface area contributed by atoms with E-state index in [1.165, 1.54) is 4.90 Å². The van der Waals surface area contributed by atoms with Crippen LogP contribution in [0, 0.1) is 0 Å². The summed E-state index contributed by atoms with van der Waals surface area (Å²) in [6.07, 6.45) is 2.39. The largest absolute Gasteiger partial charge is 0.328 e. The number of nitrogens with two attached hydrogens (primary N) is 1. The molecular formula is C14H20N2OS. The zero-order valence-corrected chi connectivity index (χ0v) is 11.6. The first-order valence-corrected chi connectivity index (χ1v) is 7.45. The number of nitrogens with zero attached hydrogens (tertiary/aromatic N) is 1. The van der Waals surface area contributed by atoms with Crippen LogP contribution >= 0.6 is 11.8 Å². The molecule has 1 aromatic carbocycles. The number of hydrogen-bond acceptors (Lipinski definition) is 3. The van der Waals surface area contributed by atoms with Gasteiger partial charge in [0.25, 0.3) is 0 Å². The molecule has 0 radical (unpaired) electrons. The zero-order valence-electron chi connectivity index (χ0n) is 10.8. The van der Waals surface area contributed by atoms with Crippen molar-refractivity contribution in [1.82, 2.24) is 0 Å². The summed E-state index contributed by atoms with van der Waals surface area (Å²) in [5.74, 6) is 1.21. The predicted molar refractivity (Wildman–Crippen MR) is 77.0 cm³/mol. The Balaban J connectivity index is 1.99. The third-order valence-corrected chi connectivity index (χ3v) is 4.12. The van der Waals surface area contributed by atoms with Crippen LogP contribution in [0.5, 0.6) is 0 Å². The van der Waals surface area contributed by atoms with Crippen LogP contribution < -0.4 is 10.6 Å². The number of amides is 1. The van der Waals surface area contributed by atoms with Crippen LogP contribution in [0.25, 0.3) is 0 Å². The van der Waals surface area contributed by atoms with Crippen molar-refractivity contribution in [3.63, 3.8) is 0 Å². The first-order valence-electron chi connectivity index (χ1n) is 6.46. The van der Waals surface area contributed by atoms with E-state index in [1.807, 2.05) is 41.8 Å². The molecule has 1 aromatic rings. The number of thioether (sulfide) groups is 1. The SMILES string of the molecule is CC(N)CCCC(=O)N1CCSc2ccccc21. The topological polar surface area (TPSA) is 46.3 Å². The molecular weight excluding hydrogens is 244 g/mol. The molecule has 3 nitrogen and oxygen atoms in total. The Hall–Kier alpha value is -1.00. The van der Waals surface area contributed by atoms with Crippen molar-refractivity contribution in [2.45, 2.75) is 37.1 Å². The van der Waals surface area contributed by atoms with Crippen LogP contribution in [0.1, 0.15) is 26.2 Å². The fourth-order valence-corrected chi connectivity index (χ4v) is 3.13. The lowest BCUT2D eigenvalue weighted by atomic mass is 10.1. The van der Waals surface area contributed by atoms with Gasteiger partial charge < -0.3 is 10.6 Å². The lowest BCUT2D eigenvalue weighted by Crippen LogP contribution is -2.35. The van der Waals surface area contributed by atoms with E-state index in [0.717, 1.165) is 30.8 Å². The predicted octanol–water partition coefficient (Wildman–Crippen LogP) is 2.64. The molecule has 98 valence electrons. The fraction of sp³-hybridized carbons (Fsp3) is 0.500. The summed E-state index contributed by atoms with van der Waals surface area (Å²) in [6, 6.07) is 8.32. The lowest BCUT2D eigenvalue weighted by molar-refractivity contribution is -0.118. The smallest absolute Gasteiger partial charge is 0.227 e. The Morgan fingerprint density at radius 2 is 2.28 bits per heavy atom. The van der Waals surface area contributed by atoms with Crippen LogP contribution in [0.2, 0.25) is 0 Å². The van der Waals surface area contributed by atoms with Crippen molar-refractivity contribution in [2.24, 2.45) is 5.73 Å². The van der Waals surface area contributed by atoms with Crippen molar-refractivity contribution in [2.75, 3.05) is 17.2 Å². The van der Waals surface area contributed by atoms with E-state index in [9.17, 15) is 4.79 Å². The van der Waals surface area contributed by atoms with Gasteiger partial charge >= 0.3 is 0 Å². The van der Waals surface area contributed by atoms with Gasteiger partial charge in [-0.2, -0.15) is 0 Å². The molecule has 2 N–H and O–H groups in total. The highest BCUT2D eigenvalue weighted by Gasteiger charge is 2.21. The van der Waals surface area contributed by atoms with E-state index in [-0.39, 0.29) is 11.9 Å². The van der Waals surface area contributed by atoms with E-state index in [0.29, 0.717) is 6.42 Å². The zero-order chi connectivity index (χ0) is 13.0. The number of carbonyl (C=O) groups is 1. The standard InChI is InChI=1S/C14H20N2OS/c1-11(15)5-4-8-14(17)16-9-10-18-13-7-3-2-6-12(13)16/h2-3,6-7,11H,4-5,8-10,15H2,1H3. The second-order valence-corrected chi connectivity index (χ2v) is 5.87. The molecule has 0 bridgehead atoms. The van der Waals surface area contributed by atoms with Gasteiger partial charge in [-0.3, -0.25) is 4.79 Å². The third-order valence-electron chi connectivity index (χ3n) is 3.08. The monoisotopic (exact) mass is 264 g/mol. The molecule has 1 heterocycles. The highest BCUT2D eigenvalue weighted by molar-refractivity contribution is 7.99. The van der Waals surface area contributed by atoms with Crippen molar-refractivity contribution in [1.29, 1.82) is 0 Å². The first-order chi connectivity index (χ1) is 8.68. The minimum absolute atomic E-state index is 0.182. The highest BCUT2D eigenvalue weighted by atomic mass is 32.2. The molecule has 1 unspecified atom stereocenters. The van der Waals surface area contributed by atoms with Crippen LogP contribution in [-0.4, -0.2) is 24.2 Å². The molecule has 1 aliphatic rings. The summed E-state index contributed by atoms with van der Waals surface area (Å²) in [5.41, 5.74) is 6.77. The summed E-state index contributed by atoms with van der Waals surface area (Å²) in [5, 5.41) is 0. The lowest BCUT2D eigenvalue weighted by Gasteiger charge is -2.29. The molecule has 18 heavy (non-hydrogen) atoms. The maximum Gasteiger partial charge on any atom is 0.227 e. The fourth-order valence-electron chi connectivity index (χ4n) is 2.14. The quantitative estimate of drug-likeness (QED) is 0.909. The van der Waals surface area contributed by atoms with Gasteiger partial charge in [0.15, 0.2) is 0 Å². The molecule has 0 spiro atoms. The summed E-state index contributed by atoms with van der Waals surface area (Å²) >= 11 is 1.82. The molecule has 0 saturated heterocycles. The average Bonchev–Trinajstić information content (AvgIpc) is 2.37. The Morgan fingerprint density at radius 3 is 3.06 bits per heavy atom. The Kier molecular flexibility index (Phi) is 4.66. The molecule has 1 amide bonds. The van der Waals surface area contributed by atoms with Crippen LogP contribution in [0.3, 0.4) is 0 Å². The number of anilines is 1. The van der Waals surface area contributed by atoms with E-state index >= 15 is 0 Å². The van der Waals surface area contributed by atoms with Crippen molar-refractivity contribution in [3.05, 3.63) is 24.3 Å². The molecule has 4 heteroatoms.